The molecule has 1 aromatic rings. The molecule has 0 spiro atoms. The summed E-state index contributed by atoms with van der Waals surface area (Å²) in [5.41, 5.74) is 0.0449. The third-order valence-electron chi connectivity index (χ3n) is 4.05. The molecule has 1 heterocycles. The highest BCUT2D eigenvalue weighted by Gasteiger charge is 2.40. The lowest BCUT2D eigenvalue weighted by Gasteiger charge is -2.40. The van der Waals surface area contributed by atoms with E-state index in [9.17, 15) is 0 Å². The number of aromatic nitrogens is 3. The van der Waals surface area contributed by atoms with Crippen molar-refractivity contribution < 1.29 is 4.74 Å². The highest BCUT2D eigenvalue weighted by atomic mass is 79.9. The van der Waals surface area contributed by atoms with Crippen molar-refractivity contribution in [1.82, 2.24) is 14.8 Å². The lowest BCUT2D eigenvalue weighted by molar-refractivity contribution is -0.0726. The van der Waals surface area contributed by atoms with Crippen molar-refractivity contribution in [2.75, 3.05) is 7.11 Å². The standard InChI is InChI=1S/C12H18BrN3O/c1-17-12(5-2-6-12)7-10-14-15-11(8-13)16(10)9-3-4-9/h9H,2-8H2,1H3. The van der Waals surface area contributed by atoms with Gasteiger partial charge in [0.05, 0.1) is 10.9 Å². The Kier molecular flexibility index (Phi) is 2.99. The summed E-state index contributed by atoms with van der Waals surface area (Å²) in [7, 11) is 1.82. The van der Waals surface area contributed by atoms with Crippen molar-refractivity contribution >= 4 is 15.9 Å². The van der Waals surface area contributed by atoms with Gasteiger partial charge >= 0.3 is 0 Å². The van der Waals surface area contributed by atoms with Crippen LogP contribution in [0.1, 0.15) is 49.8 Å². The van der Waals surface area contributed by atoms with Crippen LogP contribution in [0.3, 0.4) is 0 Å². The normalized spacial score (nSPS) is 22.5. The zero-order valence-electron chi connectivity index (χ0n) is 10.2. The van der Waals surface area contributed by atoms with Crippen LogP contribution in [0.5, 0.6) is 0 Å². The van der Waals surface area contributed by atoms with Crippen molar-refractivity contribution in [3.05, 3.63) is 11.6 Å². The van der Waals surface area contributed by atoms with Crippen LogP contribution >= 0.6 is 15.9 Å². The van der Waals surface area contributed by atoms with Gasteiger partial charge in [0.15, 0.2) is 0 Å². The van der Waals surface area contributed by atoms with Gasteiger partial charge in [-0.25, -0.2) is 0 Å². The van der Waals surface area contributed by atoms with Gasteiger partial charge < -0.3 is 9.30 Å². The molecule has 0 saturated heterocycles. The fourth-order valence-electron chi connectivity index (χ4n) is 2.64. The van der Waals surface area contributed by atoms with Crippen LogP contribution in [0, 0.1) is 0 Å². The summed E-state index contributed by atoms with van der Waals surface area (Å²) in [5, 5.41) is 9.44. The largest absolute Gasteiger partial charge is 0.378 e. The van der Waals surface area contributed by atoms with Gasteiger partial charge in [0.2, 0.25) is 0 Å². The van der Waals surface area contributed by atoms with Crippen molar-refractivity contribution in [2.45, 2.75) is 55.5 Å². The number of alkyl halides is 1. The van der Waals surface area contributed by atoms with E-state index in [1.54, 1.807) is 0 Å². The Morgan fingerprint density at radius 3 is 2.53 bits per heavy atom. The third kappa shape index (κ3) is 2.03. The van der Waals surface area contributed by atoms with Crippen LogP contribution in [0.25, 0.3) is 0 Å². The highest BCUT2D eigenvalue weighted by molar-refractivity contribution is 9.08. The Morgan fingerprint density at radius 1 is 1.35 bits per heavy atom. The van der Waals surface area contributed by atoms with Crippen LogP contribution in [0.15, 0.2) is 0 Å². The van der Waals surface area contributed by atoms with Gasteiger partial charge in [0.25, 0.3) is 0 Å². The van der Waals surface area contributed by atoms with Crippen LogP contribution < -0.4 is 0 Å². The SMILES string of the molecule is COC1(Cc2nnc(CBr)n2C2CC2)CCC1. The monoisotopic (exact) mass is 299 g/mol. The maximum Gasteiger partial charge on any atom is 0.143 e. The van der Waals surface area contributed by atoms with E-state index in [1.165, 1.54) is 19.3 Å². The summed E-state index contributed by atoms with van der Waals surface area (Å²) in [4.78, 5) is 0. The van der Waals surface area contributed by atoms with Gasteiger partial charge in [0.1, 0.15) is 11.6 Å². The minimum Gasteiger partial charge on any atom is -0.378 e. The molecule has 2 aliphatic rings. The average Bonchev–Trinajstić information content (AvgIpc) is 3.05. The Labute approximate surface area is 110 Å². The second-order valence-corrected chi connectivity index (χ2v) is 5.75. The summed E-state index contributed by atoms with van der Waals surface area (Å²) in [6, 6.07) is 0.640. The molecule has 0 radical (unpaired) electrons. The number of halogens is 1. The van der Waals surface area contributed by atoms with E-state index >= 15 is 0 Å². The first-order valence-electron chi connectivity index (χ1n) is 6.32. The lowest BCUT2D eigenvalue weighted by Crippen LogP contribution is -2.42. The fraction of sp³-hybridized carbons (Fsp3) is 0.833. The van der Waals surface area contributed by atoms with Gasteiger partial charge in [-0.1, -0.05) is 15.9 Å². The van der Waals surface area contributed by atoms with E-state index in [2.05, 4.69) is 30.7 Å². The van der Waals surface area contributed by atoms with E-state index in [-0.39, 0.29) is 5.60 Å². The summed E-state index contributed by atoms with van der Waals surface area (Å²) < 4.78 is 8.01. The molecule has 2 aliphatic carbocycles. The summed E-state index contributed by atoms with van der Waals surface area (Å²) in [5.74, 6) is 2.18. The molecule has 17 heavy (non-hydrogen) atoms. The molecule has 0 bridgehead atoms. The van der Waals surface area contributed by atoms with Crippen LogP contribution in [0.4, 0.5) is 0 Å². The predicted molar refractivity (Wildman–Crippen MR) is 68.2 cm³/mol. The minimum atomic E-state index is 0.0449. The number of ether oxygens (including phenoxy) is 1. The van der Waals surface area contributed by atoms with E-state index in [0.717, 1.165) is 36.2 Å². The zero-order valence-corrected chi connectivity index (χ0v) is 11.7. The molecule has 5 heteroatoms. The first-order valence-corrected chi connectivity index (χ1v) is 7.44. The van der Waals surface area contributed by atoms with Gasteiger partial charge in [0, 0.05) is 19.6 Å². The van der Waals surface area contributed by atoms with Crippen molar-refractivity contribution in [1.29, 1.82) is 0 Å². The zero-order chi connectivity index (χ0) is 11.9. The molecular formula is C12H18BrN3O. The summed E-state index contributed by atoms with van der Waals surface area (Å²) in [6.45, 7) is 0. The Bertz CT molecular complexity index is 404. The first-order chi connectivity index (χ1) is 8.28. The highest BCUT2D eigenvalue weighted by Crippen LogP contribution is 2.41. The van der Waals surface area contributed by atoms with E-state index in [0.29, 0.717) is 6.04 Å². The number of rotatable bonds is 5. The maximum absolute atomic E-state index is 5.68. The molecule has 0 unspecified atom stereocenters. The van der Waals surface area contributed by atoms with Crippen molar-refractivity contribution in [2.24, 2.45) is 0 Å². The quantitative estimate of drug-likeness (QED) is 0.785. The maximum atomic E-state index is 5.68. The van der Waals surface area contributed by atoms with Gasteiger partial charge in [-0.05, 0) is 32.1 Å². The summed E-state index contributed by atoms with van der Waals surface area (Å²) >= 11 is 3.49. The molecule has 2 fully saturated rings. The molecule has 0 amide bonds. The number of methoxy groups -OCH3 is 1. The predicted octanol–water partition coefficient (Wildman–Crippen LogP) is 2.62. The number of hydrogen-bond acceptors (Lipinski definition) is 3. The minimum absolute atomic E-state index is 0.0449. The number of nitrogens with zero attached hydrogens (tertiary/aromatic N) is 3. The molecule has 4 nitrogen and oxygen atoms in total. The molecular weight excluding hydrogens is 282 g/mol. The molecule has 3 rings (SSSR count). The van der Waals surface area contributed by atoms with Crippen LogP contribution in [-0.4, -0.2) is 27.5 Å². The summed E-state index contributed by atoms with van der Waals surface area (Å²) in [6.07, 6.45) is 7.04. The fourth-order valence-corrected chi connectivity index (χ4v) is 3.02. The second-order valence-electron chi connectivity index (χ2n) is 5.18. The Morgan fingerprint density at radius 2 is 2.06 bits per heavy atom. The lowest BCUT2D eigenvalue weighted by atomic mass is 9.77. The van der Waals surface area contributed by atoms with Gasteiger partial charge in [-0.3, -0.25) is 0 Å². The third-order valence-corrected chi connectivity index (χ3v) is 4.55. The van der Waals surface area contributed by atoms with Crippen LogP contribution in [-0.2, 0) is 16.5 Å². The molecule has 2 saturated carbocycles. The molecule has 0 aliphatic heterocycles. The van der Waals surface area contributed by atoms with E-state index < -0.39 is 0 Å². The van der Waals surface area contributed by atoms with E-state index in [4.69, 9.17) is 4.74 Å². The van der Waals surface area contributed by atoms with Crippen LogP contribution in [0.2, 0.25) is 0 Å². The van der Waals surface area contributed by atoms with Gasteiger partial charge in [-0.15, -0.1) is 10.2 Å². The molecule has 0 N–H and O–H groups in total. The first kappa shape index (κ1) is 11.7. The smallest absolute Gasteiger partial charge is 0.143 e. The Hall–Kier alpha value is -0.420. The molecule has 94 valence electrons. The molecule has 1 aromatic heterocycles. The van der Waals surface area contributed by atoms with Crippen molar-refractivity contribution in [3.8, 4) is 0 Å². The Balaban J connectivity index is 1.84. The molecule has 0 atom stereocenters. The van der Waals surface area contributed by atoms with Crippen molar-refractivity contribution in [3.63, 3.8) is 0 Å². The number of hydrogen-bond donors (Lipinski definition) is 0. The second kappa shape index (κ2) is 4.35. The average molecular weight is 300 g/mol. The molecule has 0 aromatic carbocycles. The van der Waals surface area contributed by atoms with Gasteiger partial charge in [-0.2, -0.15) is 0 Å². The van der Waals surface area contributed by atoms with E-state index in [1.807, 2.05) is 7.11 Å². The topological polar surface area (TPSA) is 39.9 Å².